The molecule has 0 unspecified atom stereocenters. The van der Waals surface area contributed by atoms with E-state index in [1.54, 1.807) is 12.1 Å². The van der Waals surface area contributed by atoms with Gasteiger partial charge in [0.2, 0.25) is 0 Å². The van der Waals surface area contributed by atoms with E-state index in [0.29, 0.717) is 12.0 Å². The number of benzene rings is 1. The number of carbonyl (C=O) groups is 2. The second-order valence-electron chi connectivity index (χ2n) is 5.31. The molecule has 6 heteroatoms. The standard InChI is InChI=1S/C15H19N3O3/c1-9(2)7-11(14(19)18-16)17-15(20)13-8-10-5-3-4-6-12(10)21-13/h3-6,8-9,11H,7,16H2,1-2H3,(H,17,20)(H,18,19)/t11-/m0/s1. The Kier molecular flexibility index (Phi) is 4.59. The maximum atomic E-state index is 12.2. The highest BCUT2D eigenvalue weighted by Gasteiger charge is 2.23. The van der Waals surface area contributed by atoms with Crippen LogP contribution in [0.2, 0.25) is 0 Å². The molecular weight excluding hydrogens is 270 g/mol. The summed E-state index contributed by atoms with van der Waals surface area (Å²) in [5.74, 6) is 4.71. The maximum absolute atomic E-state index is 12.2. The van der Waals surface area contributed by atoms with Crippen LogP contribution in [0.1, 0.15) is 30.8 Å². The van der Waals surface area contributed by atoms with Crippen LogP contribution in [-0.4, -0.2) is 17.9 Å². The van der Waals surface area contributed by atoms with Gasteiger partial charge in [-0.1, -0.05) is 32.0 Å². The van der Waals surface area contributed by atoms with E-state index in [-0.39, 0.29) is 11.7 Å². The van der Waals surface area contributed by atoms with E-state index in [9.17, 15) is 9.59 Å². The third kappa shape index (κ3) is 3.61. The first-order valence-corrected chi connectivity index (χ1v) is 6.81. The molecule has 0 aliphatic rings. The van der Waals surface area contributed by atoms with Crippen molar-refractivity contribution in [1.29, 1.82) is 0 Å². The van der Waals surface area contributed by atoms with Gasteiger partial charge in [0, 0.05) is 5.39 Å². The predicted octanol–water partition coefficient (Wildman–Crippen LogP) is 1.57. The van der Waals surface area contributed by atoms with Crippen LogP contribution in [-0.2, 0) is 4.79 Å². The summed E-state index contributed by atoms with van der Waals surface area (Å²) < 4.78 is 5.47. The fourth-order valence-electron chi connectivity index (χ4n) is 2.13. The van der Waals surface area contributed by atoms with Gasteiger partial charge < -0.3 is 9.73 Å². The summed E-state index contributed by atoms with van der Waals surface area (Å²) in [7, 11) is 0. The number of nitrogens with two attached hydrogens (primary N) is 1. The number of amides is 2. The minimum atomic E-state index is -0.685. The highest BCUT2D eigenvalue weighted by Crippen LogP contribution is 2.19. The fourth-order valence-corrected chi connectivity index (χ4v) is 2.13. The molecule has 0 saturated heterocycles. The van der Waals surface area contributed by atoms with E-state index >= 15 is 0 Å². The fraction of sp³-hybridized carbons (Fsp3) is 0.333. The van der Waals surface area contributed by atoms with Gasteiger partial charge in [0.05, 0.1) is 0 Å². The van der Waals surface area contributed by atoms with Crippen LogP contribution in [0.5, 0.6) is 0 Å². The number of hydrazine groups is 1. The minimum absolute atomic E-state index is 0.176. The van der Waals surface area contributed by atoms with Gasteiger partial charge in [-0.3, -0.25) is 15.0 Å². The van der Waals surface area contributed by atoms with Crippen molar-refractivity contribution in [1.82, 2.24) is 10.7 Å². The quantitative estimate of drug-likeness (QED) is 0.442. The van der Waals surface area contributed by atoms with Crippen LogP contribution in [0.3, 0.4) is 0 Å². The molecule has 1 aromatic carbocycles. The summed E-state index contributed by atoms with van der Waals surface area (Å²) in [5, 5.41) is 3.49. The summed E-state index contributed by atoms with van der Waals surface area (Å²) in [6.07, 6.45) is 0.495. The van der Waals surface area contributed by atoms with Crippen molar-refractivity contribution in [3.05, 3.63) is 36.1 Å². The first kappa shape index (κ1) is 15.1. The molecule has 0 radical (unpaired) electrons. The lowest BCUT2D eigenvalue weighted by Crippen LogP contribution is -2.49. The summed E-state index contributed by atoms with van der Waals surface area (Å²) in [6.45, 7) is 3.92. The van der Waals surface area contributed by atoms with Gasteiger partial charge in [-0.25, -0.2) is 5.84 Å². The Labute approximate surface area is 122 Å². The van der Waals surface area contributed by atoms with E-state index in [4.69, 9.17) is 10.3 Å². The van der Waals surface area contributed by atoms with Gasteiger partial charge in [0.1, 0.15) is 11.6 Å². The second kappa shape index (κ2) is 6.41. The molecule has 2 aromatic rings. The Balaban J connectivity index is 2.15. The second-order valence-corrected chi connectivity index (χ2v) is 5.31. The third-order valence-electron chi connectivity index (χ3n) is 3.12. The molecule has 1 aromatic heterocycles. The monoisotopic (exact) mass is 289 g/mol. The summed E-state index contributed by atoms with van der Waals surface area (Å²) in [6, 6.07) is 8.30. The molecule has 112 valence electrons. The van der Waals surface area contributed by atoms with Crippen LogP contribution >= 0.6 is 0 Å². The van der Waals surface area contributed by atoms with Crippen molar-refractivity contribution in [3.63, 3.8) is 0 Å². The lowest BCUT2D eigenvalue weighted by molar-refractivity contribution is -0.123. The van der Waals surface area contributed by atoms with E-state index in [1.807, 2.05) is 32.0 Å². The van der Waals surface area contributed by atoms with Gasteiger partial charge in [-0.05, 0) is 24.5 Å². The molecule has 0 aliphatic heterocycles. The number of hydrogen-bond donors (Lipinski definition) is 3. The molecule has 0 aliphatic carbocycles. The third-order valence-corrected chi connectivity index (χ3v) is 3.12. The summed E-state index contributed by atoms with van der Waals surface area (Å²) >= 11 is 0. The lowest BCUT2D eigenvalue weighted by Gasteiger charge is -2.18. The predicted molar refractivity (Wildman–Crippen MR) is 79.3 cm³/mol. The molecule has 21 heavy (non-hydrogen) atoms. The molecule has 4 N–H and O–H groups in total. The molecule has 1 atom stereocenters. The normalized spacial score (nSPS) is 12.4. The first-order valence-electron chi connectivity index (χ1n) is 6.81. The molecule has 0 saturated carbocycles. The number of para-hydroxylation sites is 1. The molecule has 6 nitrogen and oxygen atoms in total. The van der Waals surface area contributed by atoms with E-state index < -0.39 is 17.9 Å². The Morgan fingerprint density at radius 3 is 2.62 bits per heavy atom. The Morgan fingerprint density at radius 1 is 1.29 bits per heavy atom. The molecule has 2 amide bonds. The number of rotatable bonds is 5. The van der Waals surface area contributed by atoms with Gasteiger partial charge in [0.25, 0.3) is 11.8 Å². The van der Waals surface area contributed by atoms with Gasteiger partial charge in [-0.15, -0.1) is 0 Å². The zero-order chi connectivity index (χ0) is 15.4. The van der Waals surface area contributed by atoms with Gasteiger partial charge in [-0.2, -0.15) is 0 Å². The SMILES string of the molecule is CC(C)C[C@H](NC(=O)c1cc2ccccc2o1)C(=O)NN. The van der Waals surface area contributed by atoms with Crippen molar-refractivity contribution < 1.29 is 14.0 Å². The van der Waals surface area contributed by atoms with Crippen LogP contribution in [0.15, 0.2) is 34.7 Å². The number of fused-ring (bicyclic) bond motifs is 1. The first-order chi connectivity index (χ1) is 10.0. The largest absolute Gasteiger partial charge is 0.451 e. The van der Waals surface area contributed by atoms with Crippen LogP contribution in [0, 0.1) is 5.92 Å². The van der Waals surface area contributed by atoms with Crippen molar-refractivity contribution in [2.75, 3.05) is 0 Å². The van der Waals surface area contributed by atoms with Crippen LogP contribution in [0.25, 0.3) is 11.0 Å². The zero-order valence-corrected chi connectivity index (χ0v) is 12.1. The Bertz CT molecular complexity index is 615. The molecule has 1 heterocycles. The number of nitrogens with one attached hydrogen (secondary N) is 2. The maximum Gasteiger partial charge on any atom is 0.287 e. The topological polar surface area (TPSA) is 97.4 Å². The minimum Gasteiger partial charge on any atom is -0.451 e. The van der Waals surface area contributed by atoms with Crippen molar-refractivity contribution in [2.24, 2.45) is 11.8 Å². The highest BCUT2D eigenvalue weighted by molar-refractivity contribution is 5.98. The van der Waals surface area contributed by atoms with E-state index in [0.717, 1.165) is 5.39 Å². The summed E-state index contributed by atoms with van der Waals surface area (Å²) in [5.41, 5.74) is 2.70. The van der Waals surface area contributed by atoms with Crippen molar-refractivity contribution in [2.45, 2.75) is 26.3 Å². The van der Waals surface area contributed by atoms with Crippen molar-refractivity contribution in [3.8, 4) is 0 Å². The van der Waals surface area contributed by atoms with Crippen LogP contribution < -0.4 is 16.6 Å². The Morgan fingerprint density at radius 2 is 2.00 bits per heavy atom. The summed E-state index contributed by atoms with van der Waals surface area (Å²) in [4.78, 5) is 23.9. The van der Waals surface area contributed by atoms with Crippen molar-refractivity contribution >= 4 is 22.8 Å². The van der Waals surface area contributed by atoms with E-state index in [1.165, 1.54) is 0 Å². The molecular formula is C15H19N3O3. The Hall–Kier alpha value is -2.34. The number of carbonyl (C=O) groups excluding carboxylic acids is 2. The van der Waals surface area contributed by atoms with Gasteiger partial charge in [0.15, 0.2) is 5.76 Å². The molecule has 0 bridgehead atoms. The molecule has 0 fully saturated rings. The lowest BCUT2D eigenvalue weighted by atomic mass is 10.0. The smallest absolute Gasteiger partial charge is 0.287 e. The number of furan rings is 1. The van der Waals surface area contributed by atoms with Gasteiger partial charge >= 0.3 is 0 Å². The molecule has 2 rings (SSSR count). The average Bonchev–Trinajstić information content (AvgIpc) is 2.89. The number of hydrogen-bond acceptors (Lipinski definition) is 4. The van der Waals surface area contributed by atoms with Crippen LogP contribution in [0.4, 0.5) is 0 Å². The zero-order valence-electron chi connectivity index (χ0n) is 12.1. The average molecular weight is 289 g/mol. The highest BCUT2D eigenvalue weighted by atomic mass is 16.3. The van der Waals surface area contributed by atoms with E-state index in [2.05, 4.69) is 10.7 Å². The molecule has 0 spiro atoms.